The van der Waals surface area contributed by atoms with Gasteiger partial charge < -0.3 is 62.7 Å². The second-order valence-electron chi connectivity index (χ2n) is 23.7. The highest BCUT2D eigenvalue weighted by Crippen LogP contribution is 2.83. The zero-order valence-corrected chi connectivity index (χ0v) is 46.5. The monoisotopic (exact) mass is 1140 g/mol. The second-order valence-corrected chi connectivity index (χ2v) is 24.1. The number of ether oxygens (including phenoxy) is 10. The third kappa shape index (κ3) is 7.86. The average Bonchev–Trinajstić information content (AvgIpc) is 1.71. The molecular formula is C58H66ClF3O18. The molecule has 2 aromatic rings. The molecular weight excluding hydrogens is 1080 g/mol. The van der Waals surface area contributed by atoms with Gasteiger partial charge in [-0.15, -0.1) is 0 Å². The van der Waals surface area contributed by atoms with Crippen LogP contribution in [0.3, 0.4) is 0 Å². The van der Waals surface area contributed by atoms with E-state index in [1.807, 2.05) is 55.5 Å². The van der Waals surface area contributed by atoms with Crippen LogP contribution in [0.1, 0.15) is 72.4 Å². The van der Waals surface area contributed by atoms with Crippen molar-refractivity contribution in [1.29, 1.82) is 0 Å². The molecule has 3 unspecified atom stereocenters. The lowest BCUT2D eigenvalue weighted by Crippen LogP contribution is -2.79. The molecule has 0 radical (unpaired) electrons. The molecule has 0 aromatic heterocycles. The Morgan fingerprint density at radius 3 is 2.23 bits per heavy atom. The Balaban J connectivity index is 0.000000211. The molecule has 434 valence electrons. The summed E-state index contributed by atoms with van der Waals surface area (Å²) in [5.74, 6) is -11.5. The Morgan fingerprint density at radius 1 is 0.900 bits per heavy atom. The van der Waals surface area contributed by atoms with Crippen LogP contribution in [0, 0.1) is 58.2 Å². The van der Waals surface area contributed by atoms with Crippen molar-refractivity contribution in [2.75, 3.05) is 27.4 Å². The first kappa shape index (κ1) is 57.8. The van der Waals surface area contributed by atoms with Crippen LogP contribution in [0.4, 0.5) is 13.2 Å². The number of epoxide rings is 1. The standard InChI is InChI=1S/C35H44O16.C23H22ClF3O2/c1-8-15(2)24(38)49-18-12-19(48-16(3)36)32(26(39)43-6)13-46-21-22(32)31(18)14-47-34(42,27(40)44-7)25(31)29(4,23(21)37)35-20-11-17(30(35,5)51-35)33(41)9-10-45-28(33)50-20;1-14-16(10-7-11-17(14)15-8-5-4-6-9-15)13-29-21(28)20-18(22(20,2)3)12-19(24)23(25,26)27/h8-10,17-23,25,28,37,41-42H,11-14H2,1-7H3;4-12,18,20H,13H2,1-3H3/b15-8+;19-12-/t17-,18+,19-,20+,21-,22-,23-,25+,28+,29-,30+,31+,32+,33+,34?,35+;/m1./s1. The van der Waals surface area contributed by atoms with E-state index < -0.39 is 165 Å². The van der Waals surface area contributed by atoms with Crippen LogP contribution in [0.15, 0.2) is 83.6 Å². The lowest BCUT2D eigenvalue weighted by molar-refractivity contribution is -0.314. The number of carbonyl (C=O) groups excluding carboxylic acids is 5. The van der Waals surface area contributed by atoms with Gasteiger partial charge in [-0.2, -0.15) is 13.2 Å². The number of aliphatic hydroxyl groups excluding tert-OH is 1. The minimum Gasteiger partial charge on any atom is -0.469 e. The number of rotatable bonds is 11. The van der Waals surface area contributed by atoms with Gasteiger partial charge in [-0.05, 0) is 73.8 Å². The fourth-order valence-corrected chi connectivity index (χ4v) is 16.0. The number of methoxy groups -OCH3 is 2. The van der Waals surface area contributed by atoms with Crippen molar-refractivity contribution in [3.63, 3.8) is 0 Å². The molecule has 9 aliphatic rings. The van der Waals surface area contributed by atoms with Crippen LogP contribution in [-0.4, -0.2) is 138 Å². The van der Waals surface area contributed by atoms with E-state index in [0.717, 1.165) is 42.5 Å². The molecule has 0 amide bonds. The van der Waals surface area contributed by atoms with Crippen molar-refractivity contribution in [2.24, 2.45) is 51.2 Å². The van der Waals surface area contributed by atoms with Crippen molar-refractivity contribution < 1.29 is 99.8 Å². The van der Waals surface area contributed by atoms with Crippen LogP contribution in [0.5, 0.6) is 0 Å². The van der Waals surface area contributed by atoms with E-state index >= 15 is 0 Å². The van der Waals surface area contributed by atoms with Crippen molar-refractivity contribution in [3.8, 4) is 11.1 Å². The molecule has 22 heteroatoms. The first-order chi connectivity index (χ1) is 37.5. The van der Waals surface area contributed by atoms with E-state index in [0.29, 0.717) is 0 Å². The van der Waals surface area contributed by atoms with E-state index in [1.54, 1.807) is 47.6 Å². The van der Waals surface area contributed by atoms with Crippen molar-refractivity contribution in [2.45, 2.75) is 140 Å². The Kier molecular flexibility index (Phi) is 14.0. The zero-order chi connectivity index (χ0) is 58.3. The lowest BCUT2D eigenvalue weighted by Gasteiger charge is -2.65. The van der Waals surface area contributed by atoms with Gasteiger partial charge in [0.2, 0.25) is 6.29 Å². The quantitative estimate of drug-likeness (QED) is 0.0946. The van der Waals surface area contributed by atoms with Crippen molar-refractivity contribution in [1.82, 2.24) is 0 Å². The topological polar surface area (TPSA) is 242 Å². The van der Waals surface area contributed by atoms with Crippen LogP contribution >= 0.6 is 11.6 Å². The second kappa shape index (κ2) is 19.4. The van der Waals surface area contributed by atoms with E-state index in [4.69, 9.17) is 59.0 Å². The molecule has 11 rings (SSSR count). The number of aliphatic hydroxyl groups is 3. The van der Waals surface area contributed by atoms with Gasteiger partial charge in [0.25, 0.3) is 5.79 Å². The van der Waals surface area contributed by atoms with Gasteiger partial charge >= 0.3 is 36.0 Å². The predicted octanol–water partition coefficient (Wildman–Crippen LogP) is 6.46. The largest absolute Gasteiger partial charge is 0.469 e. The predicted molar refractivity (Wildman–Crippen MR) is 271 cm³/mol. The molecule has 4 saturated heterocycles. The summed E-state index contributed by atoms with van der Waals surface area (Å²) in [7, 11) is 2.23. The molecule has 5 heterocycles. The Hall–Kier alpha value is -5.39. The summed E-state index contributed by atoms with van der Waals surface area (Å²) >= 11 is 5.34. The number of carbonyl (C=O) groups is 5. The summed E-state index contributed by atoms with van der Waals surface area (Å²) in [4.78, 5) is 66.9. The molecule has 1 spiro atoms. The van der Waals surface area contributed by atoms with Gasteiger partial charge in [-0.3, -0.25) is 14.4 Å². The summed E-state index contributed by atoms with van der Waals surface area (Å²) in [5, 5.41) is 36.2. The number of benzene rings is 2. The fourth-order valence-electron chi connectivity index (χ4n) is 15.9. The fraction of sp³-hybridized carbons (Fsp3) is 0.603. The zero-order valence-electron chi connectivity index (χ0n) is 45.8. The van der Waals surface area contributed by atoms with E-state index in [-0.39, 0.29) is 25.0 Å². The van der Waals surface area contributed by atoms with E-state index in [1.165, 1.54) is 19.3 Å². The first-order valence-corrected chi connectivity index (χ1v) is 26.9. The molecule has 2 bridgehead atoms. The highest BCUT2D eigenvalue weighted by Gasteiger charge is 2.97. The Morgan fingerprint density at radius 2 is 1.59 bits per heavy atom. The molecule has 5 aliphatic heterocycles. The minimum atomic E-state index is -4.61. The third-order valence-corrected chi connectivity index (χ3v) is 20.1. The molecule has 4 aliphatic carbocycles. The maximum atomic E-state index is 14.2. The van der Waals surface area contributed by atoms with Crippen molar-refractivity contribution >= 4 is 41.4 Å². The summed E-state index contributed by atoms with van der Waals surface area (Å²) in [6.07, 6.45) is -6.79. The Bertz CT molecular complexity index is 2980. The highest BCUT2D eigenvalue weighted by molar-refractivity contribution is 6.30. The van der Waals surface area contributed by atoms with E-state index in [9.17, 15) is 52.5 Å². The molecule has 18 nitrogen and oxygen atoms in total. The summed E-state index contributed by atoms with van der Waals surface area (Å²) in [5.41, 5.74) is -6.12. The number of esters is 5. The number of allylic oxidation sites excluding steroid dienone is 3. The summed E-state index contributed by atoms with van der Waals surface area (Å²) < 4.78 is 97.5. The van der Waals surface area contributed by atoms with E-state index in [2.05, 4.69) is 0 Å². The minimum absolute atomic E-state index is 0.0708. The van der Waals surface area contributed by atoms with Crippen LogP contribution in [-0.2, 0) is 77.9 Å². The number of fused-ring (bicyclic) bond motifs is 7. The summed E-state index contributed by atoms with van der Waals surface area (Å²) in [6, 6.07) is 15.6. The number of hydrogen-bond acceptors (Lipinski definition) is 18. The smallest absolute Gasteiger partial charge is 0.426 e. The number of alkyl halides is 3. The van der Waals surface area contributed by atoms with Gasteiger partial charge in [0.05, 0.1) is 57.9 Å². The third-order valence-electron chi connectivity index (χ3n) is 19.8. The molecule has 80 heavy (non-hydrogen) atoms. The highest BCUT2D eigenvalue weighted by atomic mass is 35.5. The molecule has 2 aromatic carbocycles. The number of halogens is 4. The van der Waals surface area contributed by atoms with Crippen molar-refractivity contribution in [3.05, 3.63) is 94.8 Å². The molecule has 8 fully saturated rings. The van der Waals surface area contributed by atoms with Gasteiger partial charge in [0.1, 0.15) is 40.5 Å². The van der Waals surface area contributed by atoms with Gasteiger partial charge in [-0.1, -0.05) is 93.1 Å². The number of hydrogen-bond donors (Lipinski definition) is 3. The normalized spacial score (nSPS) is 42.0. The Labute approximate surface area is 464 Å². The van der Waals surface area contributed by atoms with Gasteiger partial charge in [0.15, 0.2) is 5.60 Å². The van der Waals surface area contributed by atoms with Crippen LogP contribution in [0.2, 0.25) is 0 Å². The van der Waals surface area contributed by atoms with Crippen LogP contribution in [0.25, 0.3) is 11.1 Å². The molecule has 3 N–H and O–H groups in total. The summed E-state index contributed by atoms with van der Waals surface area (Å²) in [6.45, 7) is 12.4. The molecule has 18 atom stereocenters. The van der Waals surface area contributed by atoms with Gasteiger partial charge in [-0.25, -0.2) is 9.59 Å². The van der Waals surface area contributed by atoms with Gasteiger partial charge in [0, 0.05) is 47.5 Å². The maximum absolute atomic E-state index is 14.2. The SMILES string of the molecule is C/C=C(\C)C(=O)O[C@H]1C[C@@H](OC(C)=O)[C@@]2(C(=O)OC)CO[C@H]3[C@@H](O)[C@@](C)([C@]45O[C@@]4(C)[C@H]4C[C@@H]5O[C@@H]5OC=C[C@@]54O)[C@@H]4C(O)(C(=O)OC)OC[C@@]14[C@@H]32.Cc1c(COC(=O)C2C(/C=C(\Cl)C(F)(F)F)C2(C)C)cccc1-c1ccccc1. The average molecular weight is 1140 g/mol. The van der Waals surface area contributed by atoms with Crippen LogP contribution < -0.4 is 0 Å². The maximum Gasteiger partial charge on any atom is 0.426 e. The lowest BCUT2D eigenvalue weighted by atomic mass is 9.37. The molecule has 4 saturated carbocycles. The first-order valence-electron chi connectivity index (χ1n) is 26.5.